The van der Waals surface area contributed by atoms with Crippen molar-refractivity contribution in [1.82, 2.24) is 29.4 Å². The lowest BCUT2D eigenvalue weighted by Crippen LogP contribution is -2.17. The third-order valence-corrected chi connectivity index (χ3v) is 3.99. The summed E-state index contributed by atoms with van der Waals surface area (Å²) in [5.41, 5.74) is 1.41. The highest BCUT2D eigenvalue weighted by Gasteiger charge is 2.15. The van der Waals surface area contributed by atoms with E-state index in [1.165, 1.54) is 4.52 Å². The maximum Gasteiger partial charge on any atom is 0.348 e. The molecule has 23 heavy (non-hydrogen) atoms. The Kier molecular flexibility index (Phi) is 2.99. The summed E-state index contributed by atoms with van der Waals surface area (Å²) in [5, 5.41) is 9.80. The summed E-state index contributed by atoms with van der Waals surface area (Å²) in [6, 6.07) is 5.63. The normalized spacial score (nSPS) is 11.8. The van der Waals surface area contributed by atoms with Crippen LogP contribution in [0.5, 0.6) is 0 Å². The minimum atomic E-state index is -0.379. The van der Waals surface area contributed by atoms with Crippen molar-refractivity contribution in [1.29, 1.82) is 0 Å². The zero-order valence-electron chi connectivity index (χ0n) is 12.5. The van der Waals surface area contributed by atoms with E-state index in [9.17, 15) is 4.79 Å². The van der Waals surface area contributed by atoms with E-state index in [0.29, 0.717) is 22.0 Å². The van der Waals surface area contributed by atoms with Crippen molar-refractivity contribution < 1.29 is 0 Å². The highest BCUT2D eigenvalue weighted by atomic mass is 35.5. The summed E-state index contributed by atoms with van der Waals surface area (Å²) in [4.78, 5) is 19.5. The Labute approximate surface area is 135 Å². The first-order valence-corrected chi connectivity index (χ1v) is 7.54. The molecule has 7 nitrogen and oxygen atoms in total. The van der Waals surface area contributed by atoms with Crippen LogP contribution < -0.4 is 5.69 Å². The molecule has 1 aromatic carbocycles. The number of aromatic amines is 1. The molecule has 0 bridgehead atoms. The quantitative estimate of drug-likeness (QED) is 0.613. The second-order valence-electron chi connectivity index (χ2n) is 5.57. The number of nitrogens with one attached hydrogen (secondary N) is 1. The van der Waals surface area contributed by atoms with E-state index < -0.39 is 0 Å². The van der Waals surface area contributed by atoms with Crippen molar-refractivity contribution in [2.45, 2.75) is 19.9 Å². The number of fused-ring (bicyclic) bond motifs is 3. The molecule has 0 atom stereocenters. The van der Waals surface area contributed by atoms with Gasteiger partial charge in [0.1, 0.15) is 0 Å². The van der Waals surface area contributed by atoms with Crippen LogP contribution in [0.2, 0.25) is 5.02 Å². The van der Waals surface area contributed by atoms with Crippen molar-refractivity contribution in [3.8, 4) is 11.4 Å². The van der Waals surface area contributed by atoms with E-state index in [0.717, 1.165) is 10.9 Å². The molecule has 4 aromatic rings. The van der Waals surface area contributed by atoms with Crippen LogP contribution in [0, 0.1) is 0 Å². The number of hydrogen-bond donors (Lipinski definition) is 1. The summed E-state index contributed by atoms with van der Waals surface area (Å²) < 4.78 is 3.07. The van der Waals surface area contributed by atoms with Crippen LogP contribution in [0.25, 0.3) is 27.9 Å². The molecular weight excluding hydrogens is 316 g/mol. The molecule has 3 aromatic heterocycles. The van der Waals surface area contributed by atoms with Gasteiger partial charge in [-0.1, -0.05) is 17.7 Å². The van der Waals surface area contributed by atoms with Crippen LogP contribution in [0.15, 0.2) is 35.4 Å². The van der Waals surface area contributed by atoms with Gasteiger partial charge in [0.25, 0.3) is 0 Å². The van der Waals surface area contributed by atoms with Gasteiger partial charge in [-0.3, -0.25) is 4.68 Å². The number of halogens is 1. The van der Waals surface area contributed by atoms with Crippen LogP contribution in [0.4, 0.5) is 0 Å². The maximum atomic E-state index is 12.2. The summed E-state index contributed by atoms with van der Waals surface area (Å²) in [6.07, 6.45) is 3.56. The molecule has 1 N–H and O–H groups in total. The van der Waals surface area contributed by atoms with Gasteiger partial charge in [0.2, 0.25) is 0 Å². The first-order chi connectivity index (χ1) is 11.0. The van der Waals surface area contributed by atoms with Gasteiger partial charge in [0.15, 0.2) is 11.5 Å². The molecular formula is C15H13ClN6O. The average Bonchev–Trinajstić information content (AvgIpc) is 3.15. The highest BCUT2D eigenvalue weighted by Crippen LogP contribution is 2.24. The van der Waals surface area contributed by atoms with E-state index in [1.54, 1.807) is 12.3 Å². The molecule has 0 saturated heterocycles. The summed E-state index contributed by atoms with van der Waals surface area (Å²) >= 11 is 6.15. The van der Waals surface area contributed by atoms with Crippen molar-refractivity contribution in [2.75, 3.05) is 0 Å². The molecule has 8 heteroatoms. The van der Waals surface area contributed by atoms with Crippen LogP contribution in [-0.4, -0.2) is 29.4 Å². The molecule has 116 valence electrons. The Morgan fingerprint density at radius 2 is 2.13 bits per heavy atom. The zero-order chi connectivity index (χ0) is 16.1. The highest BCUT2D eigenvalue weighted by molar-refractivity contribution is 6.35. The second kappa shape index (κ2) is 4.92. The lowest BCUT2D eigenvalue weighted by molar-refractivity contribution is 0.532. The van der Waals surface area contributed by atoms with Crippen molar-refractivity contribution in [3.05, 3.63) is 46.1 Å². The molecule has 0 radical (unpaired) electrons. The molecule has 0 aliphatic carbocycles. The SMILES string of the molecule is CC(C)n1cc(-c2nc3c4cccc(Cl)c4[nH]c(=O)n3n2)cn1. The number of H-pyrrole nitrogens is 1. The van der Waals surface area contributed by atoms with Gasteiger partial charge in [-0.05, 0) is 26.0 Å². The van der Waals surface area contributed by atoms with Gasteiger partial charge in [-0.15, -0.1) is 5.10 Å². The van der Waals surface area contributed by atoms with E-state index in [4.69, 9.17) is 11.6 Å². The number of nitrogens with zero attached hydrogens (tertiary/aromatic N) is 5. The summed E-state index contributed by atoms with van der Waals surface area (Å²) in [5.74, 6) is 0.454. The molecule has 3 heterocycles. The van der Waals surface area contributed by atoms with Gasteiger partial charge in [0.05, 0.1) is 22.3 Å². The number of para-hydroxylation sites is 1. The molecule has 0 amide bonds. The van der Waals surface area contributed by atoms with Crippen molar-refractivity contribution in [3.63, 3.8) is 0 Å². The standard InChI is InChI=1S/C15H13ClN6O/c1-8(2)21-7-9(6-17-21)13-19-14-10-4-3-5-11(16)12(10)18-15(23)22(14)20-13/h3-8H,1-2H3,(H,18,23). The van der Waals surface area contributed by atoms with Crippen LogP contribution >= 0.6 is 11.6 Å². The number of aromatic nitrogens is 6. The van der Waals surface area contributed by atoms with Crippen molar-refractivity contribution >= 4 is 28.2 Å². The number of rotatable bonds is 2. The first kappa shape index (κ1) is 14.0. The van der Waals surface area contributed by atoms with Gasteiger partial charge in [-0.25, -0.2) is 9.78 Å². The fourth-order valence-electron chi connectivity index (χ4n) is 2.48. The Hall–Kier alpha value is -2.67. The van der Waals surface area contributed by atoms with Crippen molar-refractivity contribution in [2.24, 2.45) is 0 Å². The predicted octanol–water partition coefficient (Wildman–Crippen LogP) is 2.67. The minimum Gasteiger partial charge on any atom is -0.304 e. The van der Waals surface area contributed by atoms with Crippen LogP contribution in [0.3, 0.4) is 0 Å². The monoisotopic (exact) mass is 328 g/mol. The Morgan fingerprint density at radius 3 is 2.87 bits per heavy atom. The molecule has 4 rings (SSSR count). The van der Waals surface area contributed by atoms with E-state index in [-0.39, 0.29) is 11.7 Å². The minimum absolute atomic E-state index is 0.240. The Bertz CT molecular complexity index is 1090. The third-order valence-electron chi connectivity index (χ3n) is 3.67. The molecule has 0 aliphatic heterocycles. The zero-order valence-corrected chi connectivity index (χ0v) is 13.2. The molecule has 0 saturated carbocycles. The largest absolute Gasteiger partial charge is 0.348 e. The number of hydrogen-bond acceptors (Lipinski definition) is 4. The Balaban J connectivity index is 2.00. The van der Waals surface area contributed by atoms with Crippen LogP contribution in [0.1, 0.15) is 19.9 Å². The van der Waals surface area contributed by atoms with Gasteiger partial charge < -0.3 is 4.98 Å². The van der Waals surface area contributed by atoms with Gasteiger partial charge in [-0.2, -0.15) is 9.61 Å². The topological polar surface area (TPSA) is 80.9 Å². The molecule has 0 aliphatic rings. The van der Waals surface area contributed by atoms with Gasteiger partial charge in [0, 0.05) is 17.6 Å². The smallest absolute Gasteiger partial charge is 0.304 e. The lowest BCUT2D eigenvalue weighted by atomic mass is 10.2. The predicted molar refractivity (Wildman–Crippen MR) is 87.7 cm³/mol. The van der Waals surface area contributed by atoms with E-state index in [2.05, 4.69) is 20.2 Å². The van der Waals surface area contributed by atoms with E-state index >= 15 is 0 Å². The summed E-state index contributed by atoms with van der Waals surface area (Å²) in [7, 11) is 0. The van der Waals surface area contributed by atoms with E-state index in [1.807, 2.05) is 36.9 Å². The fourth-order valence-corrected chi connectivity index (χ4v) is 2.71. The third kappa shape index (κ3) is 2.12. The number of benzene rings is 1. The van der Waals surface area contributed by atoms with Crippen LogP contribution in [-0.2, 0) is 0 Å². The molecule has 0 unspecified atom stereocenters. The lowest BCUT2D eigenvalue weighted by Gasteiger charge is -2.02. The van der Waals surface area contributed by atoms with Gasteiger partial charge >= 0.3 is 5.69 Å². The molecule has 0 spiro atoms. The fraction of sp³-hybridized carbons (Fsp3) is 0.200. The first-order valence-electron chi connectivity index (χ1n) is 7.16. The second-order valence-corrected chi connectivity index (χ2v) is 5.97. The Morgan fingerprint density at radius 1 is 1.30 bits per heavy atom. The molecule has 0 fully saturated rings. The average molecular weight is 329 g/mol. The maximum absolute atomic E-state index is 12.2. The summed E-state index contributed by atoms with van der Waals surface area (Å²) in [6.45, 7) is 4.07.